The van der Waals surface area contributed by atoms with Crippen molar-refractivity contribution in [1.29, 1.82) is 0 Å². The summed E-state index contributed by atoms with van der Waals surface area (Å²) in [5, 5.41) is 3.14. The third-order valence-electron chi connectivity index (χ3n) is 6.73. The molecule has 0 aromatic heterocycles. The van der Waals surface area contributed by atoms with Gasteiger partial charge in [0.2, 0.25) is 5.91 Å². The number of carbonyl (C=O) groups excluding carboxylic acids is 2. The lowest BCUT2D eigenvalue weighted by atomic mass is 9.94. The van der Waals surface area contributed by atoms with Crippen molar-refractivity contribution in [2.24, 2.45) is 5.92 Å². The minimum absolute atomic E-state index is 0.0742. The number of carbonyl (C=O) groups is 2. The van der Waals surface area contributed by atoms with Crippen LogP contribution < -0.4 is 5.32 Å². The molecule has 30 heavy (non-hydrogen) atoms. The smallest absolute Gasteiger partial charge is 0.253 e. The van der Waals surface area contributed by atoms with Crippen molar-refractivity contribution < 1.29 is 18.7 Å². The Bertz CT molecular complexity index is 722. The fourth-order valence-corrected chi connectivity index (χ4v) is 5.05. The highest BCUT2D eigenvalue weighted by molar-refractivity contribution is 5.94. The third kappa shape index (κ3) is 5.01. The van der Waals surface area contributed by atoms with Gasteiger partial charge in [-0.2, -0.15) is 0 Å². The lowest BCUT2D eigenvalue weighted by Gasteiger charge is -2.41. The molecule has 1 saturated carbocycles. The summed E-state index contributed by atoms with van der Waals surface area (Å²) < 4.78 is 18.8. The highest BCUT2D eigenvalue weighted by atomic mass is 19.1. The molecule has 164 valence electrons. The molecule has 1 aliphatic carbocycles. The summed E-state index contributed by atoms with van der Waals surface area (Å²) in [6.45, 7) is 3.90. The van der Waals surface area contributed by atoms with Crippen molar-refractivity contribution in [3.8, 4) is 0 Å². The summed E-state index contributed by atoms with van der Waals surface area (Å²) in [4.78, 5) is 29.9. The highest BCUT2D eigenvalue weighted by Gasteiger charge is 2.37. The van der Waals surface area contributed by atoms with E-state index in [1.54, 1.807) is 4.90 Å². The van der Waals surface area contributed by atoms with Crippen LogP contribution in [-0.4, -0.2) is 73.1 Å². The molecule has 3 fully saturated rings. The first-order valence-electron chi connectivity index (χ1n) is 11.3. The van der Waals surface area contributed by atoms with E-state index in [0.29, 0.717) is 44.2 Å². The maximum absolute atomic E-state index is 13.1. The molecule has 1 aromatic rings. The molecule has 0 spiro atoms. The zero-order chi connectivity index (χ0) is 20.9. The fraction of sp³-hybridized carbons (Fsp3) is 0.652. The number of halogens is 1. The summed E-state index contributed by atoms with van der Waals surface area (Å²) >= 11 is 0. The molecule has 4 rings (SSSR count). The first kappa shape index (κ1) is 21.2. The van der Waals surface area contributed by atoms with Crippen molar-refractivity contribution in [3.63, 3.8) is 0 Å². The maximum atomic E-state index is 13.1. The van der Waals surface area contributed by atoms with Crippen LogP contribution in [0.2, 0.25) is 0 Å². The highest BCUT2D eigenvalue weighted by Crippen LogP contribution is 2.31. The zero-order valence-electron chi connectivity index (χ0n) is 17.5. The summed E-state index contributed by atoms with van der Waals surface area (Å²) in [7, 11) is 0. The minimum Gasteiger partial charge on any atom is -0.376 e. The molecule has 2 amide bonds. The average molecular weight is 418 g/mol. The van der Waals surface area contributed by atoms with Gasteiger partial charge in [-0.15, -0.1) is 0 Å². The number of amides is 2. The van der Waals surface area contributed by atoms with Crippen molar-refractivity contribution in [2.45, 2.75) is 50.7 Å². The number of nitrogens with zero attached hydrogens (tertiary/aromatic N) is 2. The Morgan fingerprint density at radius 1 is 1.03 bits per heavy atom. The van der Waals surface area contributed by atoms with E-state index in [0.717, 1.165) is 32.3 Å². The molecule has 2 aliphatic heterocycles. The Morgan fingerprint density at radius 2 is 1.73 bits per heavy atom. The van der Waals surface area contributed by atoms with Crippen molar-refractivity contribution in [1.82, 2.24) is 15.1 Å². The van der Waals surface area contributed by atoms with Gasteiger partial charge in [0.05, 0.1) is 12.1 Å². The Hall–Kier alpha value is -1.99. The SMILES string of the molecule is O=C(NC[C@@H]1CCCO1)[C@@H](C1CCCC1)N1CCN(C(=O)c2ccc(F)cc2)CC1. The van der Waals surface area contributed by atoms with E-state index < -0.39 is 0 Å². The molecule has 0 radical (unpaired) electrons. The molecular formula is C23H32FN3O3. The van der Waals surface area contributed by atoms with E-state index in [1.165, 1.54) is 37.1 Å². The van der Waals surface area contributed by atoms with Crippen molar-refractivity contribution in [2.75, 3.05) is 39.3 Å². The fourth-order valence-electron chi connectivity index (χ4n) is 5.05. The van der Waals surface area contributed by atoms with Gasteiger partial charge in [0.25, 0.3) is 5.91 Å². The molecule has 2 saturated heterocycles. The van der Waals surface area contributed by atoms with Crippen LogP contribution in [0.1, 0.15) is 48.9 Å². The van der Waals surface area contributed by atoms with E-state index in [1.807, 2.05) is 0 Å². The number of hydrogen-bond acceptors (Lipinski definition) is 4. The summed E-state index contributed by atoms with van der Waals surface area (Å²) in [6.07, 6.45) is 6.77. The van der Waals surface area contributed by atoms with E-state index in [2.05, 4.69) is 10.2 Å². The van der Waals surface area contributed by atoms with E-state index >= 15 is 0 Å². The largest absolute Gasteiger partial charge is 0.376 e. The monoisotopic (exact) mass is 417 g/mol. The molecule has 1 aromatic carbocycles. The molecule has 2 atom stereocenters. The van der Waals surface area contributed by atoms with Crippen LogP contribution in [-0.2, 0) is 9.53 Å². The normalized spacial score (nSPS) is 24.2. The van der Waals surface area contributed by atoms with E-state index in [9.17, 15) is 14.0 Å². The van der Waals surface area contributed by atoms with Gasteiger partial charge in [0, 0.05) is 44.9 Å². The van der Waals surface area contributed by atoms with Gasteiger partial charge in [-0.05, 0) is 55.9 Å². The van der Waals surface area contributed by atoms with Gasteiger partial charge in [-0.1, -0.05) is 12.8 Å². The van der Waals surface area contributed by atoms with Crippen LogP contribution >= 0.6 is 0 Å². The molecule has 7 heteroatoms. The molecule has 0 bridgehead atoms. The second-order valence-corrected chi connectivity index (χ2v) is 8.70. The van der Waals surface area contributed by atoms with Gasteiger partial charge in [-0.25, -0.2) is 4.39 Å². The van der Waals surface area contributed by atoms with E-state index in [4.69, 9.17) is 4.74 Å². The standard InChI is InChI=1S/C23H32FN3O3/c24-19-9-7-18(8-10-19)23(29)27-13-11-26(12-14-27)21(17-4-1-2-5-17)22(28)25-16-20-6-3-15-30-20/h7-10,17,20-21H,1-6,11-16H2,(H,25,28)/t20-,21+/m0/s1. The Kier molecular flexibility index (Phi) is 7.00. The number of benzene rings is 1. The van der Waals surface area contributed by atoms with Gasteiger partial charge in [0.15, 0.2) is 0 Å². The predicted molar refractivity (Wildman–Crippen MR) is 112 cm³/mol. The molecule has 6 nitrogen and oxygen atoms in total. The van der Waals surface area contributed by atoms with Crippen LogP contribution in [0.5, 0.6) is 0 Å². The maximum Gasteiger partial charge on any atom is 0.253 e. The van der Waals surface area contributed by atoms with Crippen molar-refractivity contribution >= 4 is 11.8 Å². The Balaban J connectivity index is 1.35. The number of hydrogen-bond donors (Lipinski definition) is 1. The average Bonchev–Trinajstić information content (AvgIpc) is 3.48. The quantitative estimate of drug-likeness (QED) is 0.772. The van der Waals surface area contributed by atoms with Crippen LogP contribution in [0.3, 0.4) is 0 Å². The van der Waals surface area contributed by atoms with Gasteiger partial charge in [0.1, 0.15) is 5.82 Å². The van der Waals surface area contributed by atoms with Gasteiger partial charge >= 0.3 is 0 Å². The van der Waals surface area contributed by atoms with E-state index in [-0.39, 0.29) is 29.8 Å². The van der Waals surface area contributed by atoms with Gasteiger partial charge < -0.3 is 15.0 Å². The second kappa shape index (κ2) is 9.88. The number of rotatable bonds is 6. The first-order valence-corrected chi connectivity index (χ1v) is 11.3. The molecule has 1 N–H and O–H groups in total. The minimum atomic E-state index is -0.343. The molecular weight excluding hydrogens is 385 g/mol. The first-order chi connectivity index (χ1) is 14.6. The topological polar surface area (TPSA) is 61.9 Å². The van der Waals surface area contributed by atoms with Crippen LogP contribution in [0.4, 0.5) is 4.39 Å². The van der Waals surface area contributed by atoms with Crippen LogP contribution in [0.15, 0.2) is 24.3 Å². The zero-order valence-corrected chi connectivity index (χ0v) is 17.5. The third-order valence-corrected chi connectivity index (χ3v) is 6.73. The Labute approximate surface area is 177 Å². The van der Waals surface area contributed by atoms with Gasteiger partial charge in [-0.3, -0.25) is 14.5 Å². The molecule has 3 aliphatic rings. The summed E-state index contributed by atoms with van der Waals surface area (Å²) in [5.41, 5.74) is 0.506. The predicted octanol–water partition coefficient (Wildman–Crippen LogP) is 2.44. The Morgan fingerprint density at radius 3 is 2.37 bits per heavy atom. The van der Waals surface area contributed by atoms with Crippen molar-refractivity contribution in [3.05, 3.63) is 35.6 Å². The lowest BCUT2D eigenvalue weighted by Crippen LogP contribution is -2.58. The summed E-state index contributed by atoms with van der Waals surface area (Å²) in [6, 6.07) is 5.57. The summed E-state index contributed by atoms with van der Waals surface area (Å²) in [5.74, 6) is 0.0734. The number of piperazine rings is 1. The molecule has 2 heterocycles. The van der Waals surface area contributed by atoms with Crippen LogP contribution in [0, 0.1) is 11.7 Å². The lowest BCUT2D eigenvalue weighted by molar-refractivity contribution is -0.129. The number of nitrogens with one attached hydrogen (secondary N) is 1. The molecule has 0 unspecified atom stereocenters. The van der Waals surface area contributed by atoms with Crippen LogP contribution in [0.25, 0.3) is 0 Å². The second-order valence-electron chi connectivity index (χ2n) is 8.70. The number of ether oxygens (including phenoxy) is 1.